The molecule has 1 heterocycles. The highest BCUT2D eigenvalue weighted by Crippen LogP contribution is 2.25. The van der Waals surface area contributed by atoms with Crippen LogP contribution < -0.4 is 5.32 Å². The Kier molecular flexibility index (Phi) is 5.02. The van der Waals surface area contributed by atoms with Gasteiger partial charge >= 0.3 is 5.97 Å². The van der Waals surface area contributed by atoms with Gasteiger partial charge in [-0.3, -0.25) is 9.59 Å². The predicted molar refractivity (Wildman–Crippen MR) is 89.0 cm³/mol. The van der Waals surface area contributed by atoms with Gasteiger partial charge in [0.25, 0.3) is 5.91 Å². The molecule has 2 aromatic rings. The van der Waals surface area contributed by atoms with Gasteiger partial charge in [-0.05, 0) is 68.0 Å². The summed E-state index contributed by atoms with van der Waals surface area (Å²) in [7, 11) is 0. The van der Waals surface area contributed by atoms with Gasteiger partial charge in [-0.15, -0.1) is 5.10 Å². The van der Waals surface area contributed by atoms with Crippen LogP contribution in [0.5, 0.6) is 0 Å². The minimum absolute atomic E-state index is 0.104. The van der Waals surface area contributed by atoms with Crippen molar-refractivity contribution in [3.05, 3.63) is 45.3 Å². The fourth-order valence-corrected chi connectivity index (χ4v) is 2.72. The summed E-state index contributed by atoms with van der Waals surface area (Å²) < 4.78 is 1.12. The molecule has 0 aliphatic heterocycles. The van der Waals surface area contributed by atoms with Gasteiger partial charge in [-0.2, -0.15) is 0 Å². The molecular formula is C17H22N4O3. The van der Waals surface area contributed by atoms with Gasteiger partial charge in [-0.25, -0.2) is 4.68 Å². The lowest BCUT2D eigenvalue weighted by atomic mass is 9.89. The van der Waals surface area contributed by atoms with Gasteiger partial charge in [0.1, 0.15) is 6.54 Å². The van der Waals surface area contributed by atoms with Crippen molar-refractivity contribution >= 4 is 11.9 Å². The fraction of sp³-hybridized carbons (Fsp3) is 0.412. The van der Waals surface area contributed by atoms with Gasteiger partial charge in [0.15, 0.2) is 5.69 Å². The van der Waals surface area contributed by atoms with Crippen molar-refractivity contribution in [2.45, 2.75) is 47.7 Å². The maximum Gasteiger partial charge on any atom is 0.325 e. The van der Waals surface area contributed by atoms with Crippen LogP contribution in [0, 0.1) is 34.6 Å². The summed E-state index contributed by atoms with van der Waals surface area (Å²) in [6.07, 6.45) is 1.33. The molecule has 1 aromatic heterocycles. The number of nitrogens with one attached hydrogen (secondary N) is 1. The molecule has 2 N–H and O–H groups in total. The third-order valence-electron chi connectivity index (χ3n) is 4.65. The standard InChI is InChI=1S/C17H22N4O3/c1-9-10(2)12(4)14(13(5)11(9)3)6-18-17(24)15-7-21(20-19-15)8-16(22)23/h7H,6,8H2,1-5H3,(H,18,24)(H,22,23). The normalized spacial score (nSPS) is 10.7. The fourth-order valence-electron chi connectivity index (χ4n) is 2.72. The van der Waals surface area contributed by atoms with Crippen LogP contribution in [0.4, 0.5) is 0 Å². The lowest BCUT2D eigenvalue weighted by Gasteiger charge is -2.18. The van der Waals surface area contributed by atoms with Crippen LogP contribution >= 0.6 is 0 Å². The number of aliphatic carboxylic acids is 1. The topological polar surface area (TPSA) is 97.1 Å². The predicted octanol–water partition coefficient (Wildman–Crippen LogP) is 1.83. The van der Waals surface area contributed by atoms with Crippen molar-refractivity contribution in [1.82, 2.24) is 20.3 Å². The Morgan fingerprint density at radius 3 is 2.12 bits per heavy atom. The highest BCUT2D eigenvalue weighted by molar-refractivity contribution is 5.91. The first kappa shape index (κ1) is 17.7. The lowest BCUT2D eigenvalue weighted by molar-refractivity contribution is -0.137. The van der Waals surface area contributed by atoms with Crippen LogP contribution in [0.2, 0.25) is 0 Å². The third kappa shape index (κ3) is 3.45. The molecule has 0 radical (unpaired) electrons. The Bertz CT molecular complexity index is 779. The summed E-state index contributed by atoms with van der Waals surface area (Å²) in [6.45, 7) is 10.4. The summed E-state index contributed by atoms with van der Waals surface area (Å²) in [5.74, 6) is -1.41. The van der Waals surface area contributed by atoms with Gasteiger partial charge in [0, 0.05) is 6.54 Å². The molecule has 24 heavy (non-hydrogen) atoms. The number of hydrogen-bond acceptors (Lipinski definition) is 4. The average molecular weight is 330 g/mol. The number of aromatic nitrogens is 3. The van der Waals surface area contributed by atoms with E-state index in [-0.39, 0.29) is 18.1 Å². The van der Waals surface area contributed by atoms with E-state index in [0.717, 1.165) is 10.2 Å². The van der Waals surface area contributed by atoms with E-state index in [4.69, 9.17) is 5.11 Å². The van der Waals surface area contributed by atoms with Gasteiger partial charge in [-0.1, -0.05) is 5.21 Å². The first-order chi connectivity index (χ1) is 11.2. The lowest BCUT2D eigenvalue weighted by Crippen LogP contribution is -2.24. The number of carboxylic acids is 1. The summed E-state index contributed by atoms with van der Waals surface area (Å²) in [5.41, 5.74) is 7.28. The molecular weight excluding hydrogens is 308 g/mol. The molecule has 0 bridgehead atoms. The molecule has 0 saturated carbocycles. The SMILES string of the molecule is Cc1c(C)c(C)c(CNC(=O)c2cn(CC(=O)O)nn2)c(C)c1C. The van der Waals surface area contributed by atoms with E-state index in [2.05, 4.69) is 50.2 Å². The van der Waals surface area contributed by atoms with Crippen molar-refractivity contribution in [2.75, 3.05) is 0 Å². The van der Waals surface area contributed by atoms with E-state index < -0.39 is 5.97 Å². The van der Waals surface area contributed by atoms with Crippen LogP contribution in [0.3, 0.4) is 0 Å². The molecule has 0 unspecified atom stereocenters. The van der Waals surface area contributed by atoms with E-state index in [1.165, 1.54) is 34.0 Å². The van der Waals surface area contributed by atoms with Crippen molar-refractivity contribution in [1.29, 1.82) is 0 Å². The largest absolute Gasteiger partial charge is 0.480 e. The Balaban J connectivity index is 2.15. The molecule has 0 fully saturated rings. The third-order valence-corrected chi connectivity index (χ3v) is 4.65. The molecule has 1 aromatic carbocycles. The molecule has 2 rings (SSSR count). The first-order valence-electron chi connectivity index (χ1n) is 7.68. The second-order valence-corrected chi connectivity index (χ2v) is 5.98. The van der Waals surface area contributed by atoms with Gasteiger partial charge < -0.3 is 10.4 Å². The van der Waals surface area contributed by atoms with E-state index in [1.54, 1.807) is 0 Å². The highest BCUT2D eigenvalue weighted by atomic mass is 16.4. The molecule has 7 nitrogen and oxygen atoms in total. The Hall–Kier alpha value is -2.70. The van der Waals surface area contributed by atoms with Crippen LogP contribution in [0.1, 0.15) is 43.9 Å². The summed E-state index contributed by atoms with van der Waals surface area (Å²) in [5, 5.41) is 18.9. The van der Waals surface area contributed by atoms with E-state index >= 15 is 0 Å². The monoisotopic (exact) mass is 330 g/mol. The summed E-state index contributed by atoms with van der Waals surface area (Å²) in [4.78, 5) is 22.8. The molecule has 0 saturated heterocycles. The van der Waals surface area contributed by atoms with Crippen molar-refractivity contribution < 1.29 is 14.7 Å². The molecule has 0 spiro atoms. The van der Waals surface area contributed by atoms with Crippen molar-refractivity contribution in [2.24, 2.45) is 0 Å². The van der Waals surface area contributed by atoms with E-state index in [0.29, 0.717) is 6.54 Å². The molecule has 7 heteroatoms. The van der Waals surface area contributed by atoms with Crippen LogP contribution in [-0.4, -0.2) is 32.0 Å². The smallest absolute Gasteiger partial charge is 0.325 e. The summed E-state index contributed by atoms with van der Waals surface area (Å²) >= 11 is 0. The number of carbonyl (C=O) groups is 2. The quantitative estimate of drug-likeness (QED) is 0.872. The number of nitrogens with zero attached hydrogens (tertiary/aromatic N) is 3. The Morgan fingerprint density at radius 2 is 1.58 bits per heavy atom. The second-order valence-electron chi connectivity index (χ2n) is 5.98. The molecule has 0 aliphatic rings. The Labute approximate surface area is 140 Å². The molecule has 128 valence electrons. The van der Waals surface area contributed by atoms with Crippen LogP contribution in [0.25, 0.3) is 0 Å². The molecule has 1 amide bonds. The number of benzene rings is 1. The number of rotatable bonds is 5. The zero-order valence-corrected chi connectivity index (χ0v) is 14.6. The number of hydrogen-bond donors (Lipinski definition) is 2. The number of carbonyl (C=O) groups excluding carboxylic acids is 1. The summed E-state index contributed by atoms with van der Waals surface area (Å²) in [6, 6.07) is 0. The Morgan fingerprint density at radius 1 is 1.04 bits per heavy atom. The van der Waals surface area contributed by atoms with E-state index in [1.807, 2.05) is 0 Å². The zero-order valence-electron chi connectivity index (χ0n) is 14.6. The van der Waals surface area contributed by atoms with Crippen molar-refractivity contribution in [3.63, 3.8) is 0 Å². The maximum atomic E-state index is 12.2. The minimum atomic E-state index is -1.04. The molecule has 0 atom stereocenters. The number of amides is 1. The van der Waals surface area contributed by atoms with Crippen molar-refractivity contribution in [3.8, 4) is 0 Å². The van der Waals surface area contributed by atoms with Gasteiger partial charge in [0.05, 0.1) is 6.20 Å². The highest BCUT2D eigenvalue weighted by Gasteiger charge is 2.15. The second kappa shape index (κ2) is 6.82. The molecule has 0 aliphatic carbocycles. The van der Waals surface area contributed by atoms with E-state index in [9.17, 15) is 9.59 Å². The average Bonchev–Trinajstić information content (AvgIpc) is 2.98. The number of carboxylic acid groups (broad SMARTS) is 1. The minimum Gasteiger partial charge on any atom is -0.480 e. The van der Waals surface area contributed by atoms with Gasteiger partial charge in [0.2, 0.25) is 0 Å². The van der Waals surface area contributed by atoms with Crippen LogP contribution in [-0.2, 0) is 17.9 Å². The van der Waals surface area contributed by atoms with Crippen LogP contribution in [0.15, 0.2) is 6.20 Å². The maximum absolute atomic E-state index is 12.2. The first-order valence-corrected chi connectivity index (χ1v) is 7.68. The zero-order chi connectivity index (χ0) is 18.0.